The average molecular weight is 317 g/mol. The van der Waals surface area contributed by atoms with Crippen molar-refractivity contribution >= 4 is 11.9 Å². The Morgan fingerprint density at radius 3 is 2.30 bits per heavy atom. The van der Waals surface area contributed by atoms with Crippen LogP contribution in [-0.4, -0.2) is 23.5 Å². The van der Waals surface area contributed by atoms with Gasteiger partial charge in [0.15, 0.2) is 0 Å². The van der Waals surface area contributed by atoms with Crippen LogP contribution in [0.4, 0.5) is 0 Å². The SMILES string of the molecule is CCC1CCC(C(=O)NCC(C)(C(=O)O)c2ccccc2)CC1. The van der Waals surface area contributed by atoms with Crippen molar-refractivity contribution < 1.29 is 14.7 Å². The molecular weight excluding hydrogens is 290 g/mol. The van der Waals surface area contributed by atoms with E-state index in [0.29, 0.717) is 5.56 Å². The highest BCUT2D eigenvalue weighted by atomic mass is 16.4. The highest BCUT2D eigenvalue weighted by molar-refractivity contribution is 5.84. The maximum atomic E-state index is 12.4. The standard InChI is InChI=1S/C19H27NO3/c1-3-14-9-11-15(12-10-14)17(21)20-13-19(2,18(22)23)16-7-5-4-6-8-16/h4-8,14-15H,3,9-13H2,1-2H3,(H,20,21)(H,22,23). The van der Waals surface area contributed by atoms with Gasteiger partial charge in [-0.15, -0.1) is 0 Å². The van der Waals surface area contributed by atoms with Crippen LogP contribution in [-0.2, 0) is 15.0 Å². The third-order valence-electron chi connectivity index (χ3n) is 5.29. The number of hydrogen-bond acceptors (Lipinski definition) is 2. The first-order valence-electron chi connectivity index (χ1n) is 8.54. The van der Waals surface area contributed by atoms with Gasteiger partial charge in [0.2, 0.25) is 5.91 Å². The first-order chi connectivity index (χ1) is 11.0. The normalized spacial score (nSPS) is 23.7. The van der Waals surface area contributed by atoms with Crippen LogP contribution in [0.15, 0.2) is 30.3 Å². The number of rotatable bonds is 6. The van der Waals surface area contributed by atoms with Crippen LogP contribution in [0.3, 0.4) is 0 Å². The zero-order chi connectivity index (χ0) is 16.9. The average Bonchev–Trinajstić information content (AvgIpc) is 2.60. The molecular formula is C19H27NO3. The largest absolute Gasteiger partial charge is 0.481 e. The highest BCUT2D eigenvalue weighted by Crippen LogP contribution is 2.31. The molecule has 23 heavy (non-hydrogen) atoms. The van der Waals surface area contributed by atoms with Crippen molar-refractivity contribution in [3.8, 4) is 0 Å². The minimum Gasteiger partial charge on any atom is -0.481 e. The second kappa shape index (κ2) is 7.62. The fourth-order valence-electron chi connectivity index (χ4n) is 3.35. The summed E-state index contributed by atoms with van der Waals surface area (Å²) in [6, 6.07) is 9.10. The minimum atomic E-state index is -1.10. The predicted octanol–water partition coefficient (Wildman–Crippen LogP) is 3.36. The second-order valence-corrected chi connectivity index (χ2v) is 6.85. The Bertz CT molecular complexity index is 535. The molecule has 0 bridgehead atoms. The molecule has 0 spiro atoms. The summed E-state index contributed by atoms with van der Waals surface area (Å²) >= 11 is 0. The predicted molar refractivity (Wildman–Crippen MR) is 90.2 cm³/mol. The summed E-state index contributed by atoms with van der Waals surface area (Å²) < 4.78 is 0. The molecule has 2 rings (SSSR count). The fraction of sp³-hybridized carbons (Fsp3) is 0.579. The zero-order valence-corrected chi connectivity index (χ0v) is 14.0. The van der Waals surface area contributed by atoms with Gasteiger partial charge in [0.1, 0.15) is 5.41 Å². The third-order valence-corrected chi connectivity index (χ3v) is 5.29. The van der Waals surface area contributed by atoms with Crippen molar-refractivity contribution in [3.63, 3.8) is 0 Å². The topological polar surface area (TPSA) is 66.4 Å². The lowest BCUT2D eigenvalue weighted by Crippen LogP contribution is -2.46. The van der Waals surface area contributed by atoms with E-state index < -0.39 is 11.4 Å². The van der Waals surface area contributed by atoms with E-state index in [1.54, 1.807) is 19.1 Å². The molecule has 1 unspecified atom stereocenters. The van der Waals surface area contributed by atoms with Crippen molar-refractivity contribution in [2.45, 2.75) is 51.4 Å². The van der Waals surface area contributed by atoms with E-state index in [1.165, 1.54) is 6.42 Å². The molecule has 1 amide bonds. The monoisotopic (exact) mass is 317 g/mol. The Hall–Kier alpha value is -1.84. The van der Waals surface area contributed by atoms with Gasteiger partial charge in [-0.2, -0.15) is 0 Å². The Morgan fingerprint density at radius 1 is 1.17 bits per heavy atom. The molecule has 0 aromatic heterocycles. The summed E-state index contributed by atoms with van der Waals surface area (Å²) in [5.41, 5.74) is -0.389. The number of carbonyl (C=O) groups excluding carboxylic acids is 1. The first kappa shape index (κ1) is 17.5. The third kappa shape index (κ3) is 4.12. The number of hydrogen-bond donors (Lipinski definition) is 2. The summed E-state index contributed by atoms with van der Waals surface area (Å²) in [7, 11) is 0. The fourth-order valence-corrected chi connectivity index (χ4v) is 3.35. The molecule has 0 heterocycles. The van der Waals surface area contributed by atoms with Crippen molar-refractivity contribution in [2.75, 3.05) is 6.54 Å². The molecule has 1 aliphatic rings. The second-order valence-electron chi connectivity index (χ2n) is 6.85. The number of nitrogens with one attached hydrogen (secondary N) is 1. The van der Waals surface area contributed by atoms with Gasteiger partial charge in [-0.3, -0.25) is 9.59 Å². The van der Waals surface area contributed by atoms with Crippen LogP contribution in [0.5, 0.6) is 0 Å². The lowest BCUT2D eigenvalue weighted by molar-refractivity contribution is -0.143. The molecule has 0 aliphatic heterocycles. The Morgan fingerprint density at radius 2 is 1.78 bits per heavy atom. The van der Waals surface area contributed by atoms with E-state index in [2.05, 4.69) is 12.2 Å². The highest BCUT2D eigenvalue weighted by Gasteiger charge is 2.36. The summed E-state index contributed by atoms with van der Waals surface area (Å²) in [5, 5.41) is 12.5. The number of aliphatic carboxylic acids is 1. The smallest absolute Gasteiger partial charge is 0.315 e. The van der Waals surface area contributed by atoms with Gasteiger partial charge in [0, 0.05) is 12.5 Å². The number of carboxylic acid groups (broad SMARTS) is 1. The van der Waals surface area contributed by atoms with Crippen molar-refractivity contribution in [2.24, 2.45) is 11.8 Å². The van der Waals surface area contributed by atoms with Crippen molar-refractivity contribution in [3.05, 3.63) is 35.9 Å². The molecule has 1 fully saturated rings. The van der Waals surface area contributed by atoms with Gasteiger partial charge in [-0.1, -0.05) is 43.7 Å². The quantitative estimate of drug-likeness (QED) is 0.845. The van der Waals surface area contributed by atoms with Crippen LogP contribution in [0.2, 0.25) is 0 Å². The van der Waals surface area contributed by atoms with Crippen LogP contribution >= 0.6 is 0 Å². The first-order valence-corrected chi connectivity index (χ1v) is 8.54. The minimum absolute atomic E-state index is 0.00274. The van der Waals surface area contributed by atoms with Crippen LogP contribution in [0, 0.1) is 11.8 Å². The Kier molecular flexibility index (Phi) is 5.80. The van der Waals surface area contributed by atoms with Crippen LogP contribution in [0.25, 0.3) is 0 Å². The van der Waals surface area contributed by atoms with E-state index in [1.807, 2.05) is 18.2 Å². The number of amides is 1. The van der Waals surface area contributed by atoms with E-state index in [0.717, 1.165) is 31.6 Å². The summed E-state index contributed by atoms with van der Waals surface area (Å²) in [4.78, 5) is 24.1. The van der Waals surface area contributed by atoms with Crippen molar-refractivity contribution in [1.29, 1.82) is 0 Å². The van der Waals surface area contributed by atoms with E-state index in [9.17, 15) is 14.7 Å². The number of benzene rings is 1. The number of carbonyl (C=O) groups is 2. The molecule has 0 radical (unpaired) electrons. The molecule has 4 heteroatoms. The molecule has 1 aromatic rings. The number of carboxylic acids is 1. The van der Waals surface area contributed by atoms with Gasteiger partial charge < -0.3 is 10.4 Å². The molecule has 4 nitrogen and oxygen atoms in total. The van der Waals surface area contributed by atoms with Gasteiger partial charge in [-0.25, -0.2) is 0 Å². The molecule has 1 aliphatic carbocycles. The van der Waals surface area contributed by atoms with Gasteiger partial charge in [0.25, 0.3) is 0 Å². The van der Waals surface area contributed by atoms with E-state index in [-0.39, 0.29) is 18.4 Å². The summed E-state index contributed by atoms with van der Waals surface area (Å²) in [6.45, 7) is 3.99. The Labute approximate surface area is 138 Å². The maximum absolute atomic E-state index is 12.4. The van der Waals surface area contributed by atoms with Gasteiger partial charge in [-0.05, 0) is 44.1 Å². The molecule has 0 saturated heterocycles. The molecule has 1 aromatic carbocycles. The molecule has 1 saturated carbocycles. The van der Waals surface area contributed by atoms with Gasteiger partial charge >= 0.3 is 5.97 Å². The van der Waals surface area contributed by atoms with Crippen LogP contribution < -0.4 is 5.32 Å². The maximum Gasteiger partial charge on any atom is 0.315 e. The van der Waals surface area contributed by atoms with Crippen molar-refractivity contribution in [1.82, 2.24) is 5.32 Å². The molecule has 2 N–H and O–H groups in total. The Balaban J connectivity index is 1.97. The lowest BCUT2D eigenvalue weighted by atomic mass is 9.79. The van der Waals surface area contributed by atoms with Crippen LogP contribution in [0.1, 0.15) is 51.5 Å². The molecule has 1 atom stereocenters. The molecule has 126 valence electrons. The summed E-state index contributed by atoms with van der Waals surface area (Å²) in [6.07, 6.45) is 5.21. The van der Waals surface area contributed by atoms with E-state index in [4.69, 9.17) is 0 Å². The van der Waals surface area contributed by atoms with Gasteiger partial charge in [0.05, 0.1) is 0 Å². The van der Waals surface area contributed by atoms with E-state index >= 15 is 0 Å². The zero-order valence-electron chi connectivity index (χ0n) is 14.0. The summed E-state index contributed by atoms with van der Waals surface area (Å²) in [5.74, 6) is -0.138. The lowest BCUT2D eigenvalue weighted by Gasteiger charge is -2.29.